The fourth-order valence-electron chi connectivity index (χ4n) is 9.07. The van der Waals surface area contributed by atoms with Crippen LogP contribution < -0.4 is 10.1 Å². The lowest BCUT2D eigenvalue weighted by atomic mass is 9.55. The van der Waals surface area contributed by atoms with Crippen molar-refractivity contribution in [2.75, 3.05) is 19.7 Å². The van der Waals surface area contributed by atoms with Crippen LogP contribution in [0.15, 0.2) is 18.3 Å². The maximum Gasteiger partial charge on any atom is 0.305 e. The molecule has 4 saturated carbocycles. The molecule has 0 aromatic heterocycles. The molecular weight excluding hydrogens is 544 g/mol. The van der Waals surface area contributed by atoms with Crippen LogP contribution >= 0.6 is 0 Å². The third kappa shape index (κ3) is 4.59. The summed E-state index contributed by atoms with van der Waals surface area (Å²) in [6.45, 7) is 4.73. The molecule has 2 N–H and O–H groups in total. The van der Waals surface area contributed by atoms with Gasteiger partial charge in [0.1, 0.15) is 12.6 Å². The Balaban J connectivity index is 1.05. The number of carbonyl (C=O) groups is 3. The van der Waals surface area contributed by atoms with Crippen LogP contribution in [0, 0.1) is 57.8 Å². The zero-order valence-electron chi connectivity index (χ0n) is 22.7. The van der Waals surface area contributed by atoms with Gasteiger partial charge in [0.25, 0.3) is 0 Å². The summed E-state index contributed by atoms with van der Waals surface area (Å²) in [5, 5.41) is 11.7. The highest BCUT2D eigenvalue weighted by Gasteiger charge is 2.71. The van der Waals surface area contributed by atoms with Gasteiger partial charge in [0.2, 0.25) is 17.5 Å². The lowest BCUT2D eigenvalue weighted by Gasteiger charge is -2.50. The van der Waals surface area contributed by atoms with E-state index >= 15 is 0 Å². The molecule has 1 aliphatic heterocycles. The molecule has 6 rings (SSSR count). The van der Waals surface area contributed by atoms with Gasteiger partial charge in [-0.05, 0) is 74.5 Å². The van der Waals surface area contributed by atoms with E-state index in [-0.39, 0.29) is 11.5 Å². The molecular formula is C30H34F4N2O5. The Labute approximate surface area is 235 Å². The van der Waals surface area contributed by atoms with Crippen molar-refractivity contribution in [2.24, 2.45) is 34.5 Å². The molecule has 5 aliphatic rings. The number of nitrogens with one attached hydrogen (secondary N) is 1. The van der Waals surface area contributed by atoms with Crippen molar-refractivity contribution in [3.63, 3.8) is 0 Å². The van der Waals surface area contributed by atoms with Crippen molar-refractivity contribution in [1.29, 1.82) is 0 Å². The minimum Gasteiger partial charge on any atom is -0.481 e. The number of allylic oxidation sites excluding steroid dienone is 1. The van der Waals surface area contributed by atoms with Crippen molar-refractivity contribution in [1.82, 2.24) is 10.2 Å². The summed E-state index contributed by atoms with van der Waals surface area (Å²) in [5.41, 5.74) is 1.90. The summed E-state index contributed by atoms with van der Waals surface area (Å²) in [4.78, 5) is 39.4. The van der Waals surface area contributed by atoms with Crippen LogP contribution in [-0.2, 0) is 14.4 Å². The first-order valence-electron chi connectivity index (χ1n) is 14.4. The average Bonchev–Trinajstić information content (AvgIpc) is 3.25. The maximum absolute atomic E-state index is 13.9. The number of carboxylic acids is 1. The molecule has 1 heterocycles. The Bertz CT molecular complexity index is 1280. The van der Waals surface area contributed by atoms with Gasteiger partial charge in [-0.15, -0.1) is 0 Å². The number of carbonyl (C=O) groups excluding carboxylic acids is 2. The molecule has 41 heavy (non-hydrogen) atoms. The van der Waals surface area contributed by atoms with Crippen molar-refractivity contribution in [3.05, 3.63) is 41.6 Å². The van der Waals surface area contributed by atoms with E-state index < -0.39 is 71.7 Å². The summed E-state index contributed by atoms with van der Waals surface area (Å²) in [5.74, 6) is -9.36. The lowest BCUT2D eigenvalue weighted by Crippen LogP contribution is -2.49. The second-order valence-electron chi connectivity index (χ2n) is 13.0. The van der Waals surface area contributed by atoms with Crippen LogP contribution in [0.25, 0.3) is 0 Å². The first-order chi connectivity index (χ1) is 19.4. The van der Waals surface area contributed by atoms with E-state index in [1.54, 1.807) is 0 Å². The monoisotopic (exact) mass is 578 g/mol. The average molecular weight is 579 g/mol. The topological polar surface area (TPSA) is 95.9 Å². The van der Waals surface area contributed by atoms with E-state index in [9.17, 15) is 37.1 Å². The number of hydrogen-bond donors (Lipinski definition) is 2. The molecule has 1 aromatic carbocycles. The van der Waals surface area contributed by atoms with Gasteiger partial charge in [0.15, 0.2) is 23.2 Å². The molecule has 11 heteroatoms. The molecule has 5 unspecified atom stereocenters. The third-order valence-electron chi connectivity index (χ3n) is 10.8. The smallest absolute Gasteiger partial charge is 0.305 e. The van der Waals surface area contributed by atoms with Crippen molar-refractivity contribution in [2.45, 2.75) is 63.8 Å². The molecule has 5 fully saturated rings. The quantitative estimate of drug-likeness (QED) is 0.312. The van der Waals surface area contributed by atoms with Gasteiger partial charge in [-0.25, -0.2) is 8.78 Å². The summed E-state index contributed by atoms with van der Waals surface area (Å²) in [7, 11) is 0. The van der Waals surface area contributed by atoms with Crippen LogP contribution in [0.1, 0.15) is 57.8 Å². The number of benzene rings is 1. The van der Waals surface area contributed by atoms with E-state index in [0.29, 0.717) is 31.3 Å². The molecule has 1 saturated heterocycles. The minimum atomic E-state index is -1.82. The van der Waals surface area contributed by atoms with Gasteiger partial charge in [-0.3, -0.25) is 14.4 Å². The minimum absolute atomic E-state index is 0.00131. The van der Waals surface area contributed by atoms with Gasteiger partial charge >= 0.3 is 5.97 Å². The Morgan fingerprint density at radius 3 is 2.39 bits per heavy atom. The first-order valence-corrected chi connectivity index (χ1v) is 14.4. The molecule has 0 radical (unpaired) electrons. The number of rotatable bonds is 10. The summed E-state index contributed by atoms with van der Waals surface area (Å²) in [6.07, 6.45) is 7.98. The SMILES string of the molecule is C=C(N1CCC(C(=O)N[C@@H](CC(=O)O)C(=O)COc2c(F)c(F)cc(F)c2F)CC1)C12CC3CC4CC(C1)C4(C3)C2. The Morgan fingerprint density at radius 2 is 1.73 bits per heavy atom. The van der Waals surface area contributed by atoms with E-state index in [1.807, 2.05) is 0 Å². The van der Waals surface area contributed by atoms with Crippen molar-refractivity contribution >= 4 is 17.7 Å². The molecule has 222 valence electrons. The number of fused-ring (bicyclic) bond motifs is 2. The molecule has 4 aliphatic carbocycles. The molecule has 7 nitrogen and oxygen atoms in total. The fraction of sp³-hybridized carbons (Fsp3) is 0.633. The number of amides is 1. The second kappa shape index (κ2) is 10.0. The highest BCUT2D eigenvalue weighted by molar-refractivity contribution is 5.93. The summed E-state index contributed by atoms with van der Waals surface area (Å²) < 4.78 is 59.3. The van der Waals surface area contributed by atoms with E-state index in [4.69, 9.17) is 4.74 Å². The zero-order valence-corrected chi connectivity index (χ0v) is 22.7. The number of ether oxygens (including phenoxy) is 1. The largest absolute Gasteiger partial charge is 0.481 e. The molecule has 1 amide bonds. The Kier molecular flexibility index (Phi) is 6.85. The van der Waals surface area contributed by atoms with Gasteiger partial charge in [0, 0.05) is 36.2 Å². The summed E-state index contributed by atoms with van der Waals surface area (Å²) >= 11 is 0. The fourth-order valence-corrected chi connectivity index (χ4v) is 9.07. The normalized spacial score (nSPS) is 32.3. The maximum atomic E-state index is 13.9. The van der Waals surface area contributed by atoms with E-state index in [2.05, 4.69) is 16.8 Å². The number of likely N-dealkylation sites (tertiary alicyclic amines) is 1. The van der Waals surface area contributed by atoms with Crippen LogP contribution in [-0.4, -0.2) is 53.4 Å². The number of carboxylic acid groups (broad SMARTS) is 1. The Hall–Kier alpha value is -3.11. The number of Topliss-reactive ketones (excluding diaryl/α,β-unsaturated/α-hetero) is 1. The van der Waals surface area contributed by atoms with Crippen molar-refractivity contribution < 1.29 is 41.8 Å². The van der Waals surface area contributed by atoms with Crippen molar-refractivity contribution in [3.8, 4) is 5.75 Å². The van der Waals surface area contributed by atoms with Gasteiger partial charge in [-0.1, -0.05) is 6.58 Å². The molecule has 1 spiro atoms. The van der Waals surface area contributed by atoms with Gasteiger partial charge in [-0.2, -0.15) is 8.78 Å². The number of aliphatic carboxylic acids is 1. The highest BCUT2D eigenvalue weighted by Crippen LogP contribution is 2.80. The number of piperidine rings is 1. The number of halogens is 4. The third-order valence-corrected chi connectivity index (χ3v) is 10.8. The lowest BCUT2D eigenvalue weighted by molar-refractivity contribution is -0.141. The summed E-state index contributed by atoms with van der Waals surface area (Å²) in [6, 6.07) is -1.55. The van der Waals surface area contributed by atoms with E-state index in [0.717, 1.165) is 17.8 Å². The number of ketones is 1. The first kappa shape index (κ1) is 28.0. The van der Waals surface area contributed by atoms with Crippen LogP contribution in [0.3, 0.4) is 0 Å². The molecule has 1 aromatic rings. The van der Waals surface area contributed by atoms with Crippen LogP contribution in [0.2, 0.25) is 0 Å². The number of hydrogen-bond acceptors (Lipinski definition) is 5. The zero-order chi connectivity index (χ0) is 29.3. The van der Waals surface area contributed by atoms with Crippen LogP contribution in [0.5, 0.6) is 5.75 Å². The molecule has 3 bridgehead atoms. The standard InChI is InChI=1S/C30H34F4N2O5/c1-15(29-10-16-6-18-7-19(12-29)30(18,11-16)14-29)36-4-2-17(3-5-36)28(40)35-22(9-24(38)39)23(37)13-41-27-25(33)20(31)8-21(32)26(27)34/h8,16-19,22H,1-7,9-14H2,(H,35,40)(H,38,39)/t16?,18?,19?,22-,29?,30?/m0/s1. The van der Waals surface area contributed by atoms with E-state index in [1.165, 1.54) is 44.2 Å². The van der Waals surface area contributed by atoms with Crippen LogP contribution in [0.4, 0.5) is 17.6 Å². The number of nitrogens with zero attached hydrogens (tertiary/aromatic N) is 1. The Morgan fingerprint density at radius 1 is 1.05 bits per heavy atom. The second-order valence-corrected chi connectivity index (χ2v) is 13.0. The molecule has 6 atom stereocenters. The predicted octanol–water partition coefficient (Wildman–Crippen LogP) is 4.59. The predicted molar refractivity (Wildman–Crippen MR) is 137 cm³/mol. The highest BCUT2D eigenvalue weighted by atomic mass is 19.2. The van der Waals surface area contributed by atoms with Gasteiger partial charge < -0.3 is 20.1 Å². The van der Waals surface area contributed by atoms with Gasteiger partial charge in [0.05, 0.1) is 6.42 Å².